The molecule has 0 unspecified atom stereocenters. The van der Waals surface area contributed by atoms with Gasteiger partial charge >= 0.3 is 0 Å². The lowest BCUT2D eigenvalue weighted by Gasteiger charge is -2.35. The molecule has 2 fully saturated rings. The van der Waals surface area contributed by atoms with E-state index in [1.807, 2.05) is 23.1 Å². The van der Waals surface area contributed by atoms with E-state index in [2.05, 4.69) is 19.8 Å². The van der Waals surface area contributed by atoms with Crippen LogP contribution in [0.1, 0.15) is 12.8 Å². The van der Waals surface area contributed by atoms with Crippen molar-refractivity contribution in [2.45, 2.75) is 12.8 Å². The third kappa shape index (κ3) is 3.37. The Kier molecular flexibility index (Phi) is 4.40. The molecule has 0 saturated carbocycles. The molecule has 132 valence electrons. The van der Waals surface area contributed by atoms with Gasteiger partial charge in [-0.15, -0.1) is 0 Å². The first kappa shape index (κ1) is 16.1. The van der Waals surface area contributed by atoms with Gasteiger partial charge in [0.2, 0.25) is 11.9 Å². The molecule has 2 aromatic rings. The van der Waals surface area contributed by atoms with Gasteiger partial charge in [-0.25, -0.2) is 4.98 Å². The third-order valence-electron chi connectivity index (χ3n) is 5.09. The van der Waals surface area contributed by atoms with Gasteiger partial charge in [0.15, 0.2) is 0 Å². The summed E-state index contributed by atoms with van der Waals surface area (Å²) >= 11 is 0. The maximum atomic E-state index is 12.3. The number of H-pyrrole nitrogens is 1. The van der Waals surface area contributed by atoms with Crippen LogP contribution in [0.15, 0.2) is 29.1 Å². The topological polar surface area (TPSA) is 72.5 Å². The number of likely N-dealkylation sites (tertiary alicyclic amines) is 1. The van der Waals surface area contributed by atoms with Crippen LogP contribution in [0.2, 0.25) is 0 Å². The fourth-order valence-electron chi connectivity index (χ4n) is 3.60. The average molecular weight is 341 g/mol. The second-order valence-electron chi connectivity index (χ2n) is 6.76. The van der Waals surface area contributed by atoms with Crippen molar-refractivity contribution in [3.05, 3.63) is 34.6 Å². The van der Waals surface area contributed by atoms with Crippen molar-refractivity contribution in [1.82, 2.24) is 19.8 Å². The van der Waals surface area contributed by atoms with Crippen LogP contribution in [0.25, 0.3) is 10.9 Å². The van der Waals surface area contributed by atoms with Crippen molar-refractivity contribution in [2.24, 2.45) is 0 Å². The summed E-state index contributed by atoms with van der Waals surface area (Å²) < 4.78 is 0. The normalized spacial score (nSPS) is 18.9. The Labute approximate surface area is 146 Å². The van der Waals surface area contributed by atoms with E-state index >= 15 is 0 Å². The van der Waals surface area contributed by atoms with Crippen LogP contribution in [0, 0.1) is 0 Å². The summed E-state index contributed by atoms with van der Waals surface area (Å²) in [5.74, 6) is 0.859. The van der Waals surface area contributed by atoms with E-state index < -0.39 is 0 Å². The Morgan fingerprint density at radius 2 is 1.76 bits per heavy atom. The highest BCUT2D eigenvalue weighted by Gasteiger charge is 2.24. The van der Waals surface area contributed by atoms with Crippen molar-refractivity contribution >= 4 is 22.8 Å². The summed E-state index contributed by atoms with van der Waals surface area (Å²) in [4.78, 5) is 38.2. The zero-order chi connectivity index (χ0) is 17.2. The highest BCUT2D eigenvalue weighted by Crippen LogP contribution is 2.14. The van der Waals surface area contributed by atoms with Crippen LogP contribution in [-0.4, -0.2) is 71.5 Å². The van der Waals surface area contributed by atoms with Crippen molar-refractivity contribution in [3.8, 4) is 0 Å². The quantitative estimate of drug-likeness (QED) is 0.888. The van der Waals surface area contributed by atoms with Crippen LogP contribution >= 0.6 is 0 Å². The number of anilines is 1. The van der Waals surface area contributed by atoms with E-state index in [9.17, 15) is 9.59 Å². The van der Waals surface area contributed by atoms with E-state index in [0.717, 1.165) is 52.1 Å². The second-order valence-corrected chi connectivity index (χ2v) is 6.76. The van der Waals surface area contributed by atoms with Crippen LogP contribution < -0.4 is 10.5 Å². The molecule has 0 aliphatic carbocycles. The number of nitrogens with one attached hydrogen (secondary N) is 1. The first-order valence-electron chi connectivity index (χ1n) is 8.95. The maximum absolute atomic E-state index is 12.3. The van der Waals surface area contributed by atoms with Crippen molar-refractivity contribution < 1.29 is 4.79 Å². The Morgan fingerprint density at radius 1 is 1.04 bits per heavy atom. The Morgan fingerprint density at radius 3 is 2.52 bits per heavy atom. The Hall–Kier alpha value is -2.41. The number of carbonyl (C=O) groups excluding carboxylic acids is 1. The molecule has 0 bridgehead atoms. The molecule has 0 atom stereocenters. The smallest absolute Gasteiger partial charge is 0.260 e. The number of fused-ring (bicyclic) bond motifs is 1. The van der Waals surface area contributed by atoms with Gasteiger partial charge in [-0.1, -0.05) is 12.1 Å². The van der Waals surface area contributed by atoms with E-state index in [1.54, 1.807) is 6.07 Å². The van der Waals surface area contributed by atoms with Gasteiger partial charge in [0.05, 0.1) is 17.4 Å². The molecule has 2 aliphatic rings. The molecule has 3 heterocycles. The molecule has 1 N–H and O–H groups in total. The molecule has 1 aromatic carbocycles. The van der Waals surface area contributed by atoms with E-state index in [0.29, 0.717) is 23.4 Å². The Bertz CT molecular complexity index is 820. The van der Waals surface area contributed by atoms with Gasteiger partial charge in [-0.05, 0) is 25.0 Å². The molecule has 0 spiro atoms. The van der Waals surface area contributed by atoms with Gasteiger partial charge in [0.25, 0.3) is 5.56 Å². The number of benzene rings is 1. The van der Waals surface area contributed by atoms with Crippen LogP contribution in [-0.2, 0) is 4.79 Å². The van der Waals surface area contributed by atoms with E-state index in [-0.39, 0.29) is 11.5 Å². The zero-order valence-corrected chi connectivity index (χ0v) is 14.3. The molecule has 4 rings (SSSR count). The summed E-state index contributed by atoms with van der Waals surface area (Å²) in [6, 6.07) is 7.38. The number of rotatable bonds is 3. The predicted molar refractivity (Wildman–Crippen MR) is 96.8 cm³/mol. The van der Waals surface area contributed by atoms with Crippen molar-refractivity contribution in [1.29, 1.82) is 0 Å². The van der Waals surface area contributed by atoms with Crippen LogP contribution in [0.3, 0.4) is 0 Å². The van der Waals surface area contributed by atoms with Crippen LogP contribution in [0.5, 0.6) is 0 Å². The number of hydrogen-bond donors (Lipinski definition) is 1. The number of hydrogen-bond acceptors (Lipinski definition) is 5. The molecule has 7 heteroatoms. The lowest BCUT2D eigenvalue weighted by atomic mass is 10.2. The molecule has 0 radical (unpaired) electrons. The highest BCUT2D eigenvalue weighted by molar-refractivity contribution is 5.79. The SMILES string of the molecule is O=C(CN1CCN(c2nc3ccccc3c(=O)[nH]2)CC1)N1CCCC1. The molecule has 1 aromatic heterocycles. The number of para-hydroxylation sites is 1. The fraction of sp³-hybridized carbons (Fsp3) is 0.500. The number of amides is 1. The number of piperazine rings is 1. The van der Waals surface area contributed by atoms with E-state index in [4.69, 9.17) is 0 Å². The zero-order valence-electron chi connectivity index (χ0n) is 14.3. The predicted octanol–water partition coefficient (Wildman–Crippen LogP) is 0.667. The number of nitrogens with zero attached hydrogens (tertiary/aromatic N) is 4. The van der Waals surface area contributed by atoms with Gasteiger partial charge < -0.3 is 9.80 Å². The monoisotopic (exact) mass is 341 g/mol. The standard InChI is InChI=1S/C18H23N5O2/c24-16(22-7-3-4-8-22)13-21-9-11-23(12-10-21)18-19-15-6-2-1-5-14(15)17(25)20-18/h1-2,5-6H,3-4,7-13H2,(H,19,20,25). The van der Waals surface area contributed by atoms with Gasteiger partial charge in [-0.3, -0.25) is 19.5 Å². The van der Waals surface area contributed by atoms with Gasteiger partial charge in [0.1, 0.15) is 0 Å². The minimum absolute atomic E-state index is 0.104. The second kappa shape index (κ2) is 6.84. The number of aromatic nitrogens is 2. The molecule has 7 nitrogen and oxygen atoms in total. The Balaban J connectivity index is 1.40. The lowest BCUT2D eigenvalue weighted by Crippen LogP contribution is -2.50. The van der Waals surface area contributed by atoms with Crippen LogP contribution in [0.4, 0.5) is 5.95 Å². The number of aromatic amines is 1. The molecule has 25 heavy (non-hydrogen) atoms. The summed E-state index contributed by atoms with van der Waals surface area (Å²) in [6.45, 7) is 5.42. The number of carbonyl (C=O) groups is 1. The van der Waals surface area contributed by atoms with Gasteiger partial charge in [-0.2, -0.15) is 0 Å². The minimum Gasteiger partial charge on any atom is -0.342 e. The summed E-state index contributed by atoms with van der Waals surface area (Å²) in [6.07, 6.45) is 2.25. The molecular formula is C18H23N5O2. The first-order chi connectivity index (χ1) is 12.2. The minimum atomic E-state index is -0.104. The molecular weight excluding hydrogens is 318 g/mol. The summed E-state index contributed by atoms with van der Waals surface area (Å²) in [5.41, 5.74) is 0.611. The third-order valence-corrected chi connectivity index (χ3v) is 5.09. The molecule has 2 saturated heterocycles. The largest absolute Gasteiger partial charge is 0.342 e. The maximum Gasteiger partial charge on any atom is 0.260 e. The summed E-state index contributed by atoms with van der Waals surface area (Å²) in [5, 5.41) is 0.612. The van der Waals surface area contributed by atoms with Crippen molar-refractivity contribution in [3.63, 3.8) is 0 Å². The van der Waals surface area contributed by atoms with E-state index in [1.165, 1.54) is 0 Å². The summed E-state index contributed by atoms with van der Waals surface area (Å²) in [7, 11) is 0. The average Bonchev–Trinajstić information content (AvgIpc) is 3.17. The fourth-order valence-corrected chi connectivity index (χ4v) is 3.60. The molecule has 2 aliphatic heterocycles. The lowest BCUT2D eigenvalue weighted by molar-refractivity contribution is -0.131. The van der Waals surface area contributed by atoms with Gasteiger partial charge in [0, 0.05) is 39.3 Å². The van der Waals surface area contributed by atoms with Crippen molar-refractivity contribution in [2.75, 3.05) is 50.7 Å². The first-order valence-corrected chi connectivity index (χ1v) is 8.95. The highest BCUT2D eigenvalue weighted by atomic mass is 16.2. The molecule has 1 amide bonds.